The Morgan fingerprint density at radius 3 is 2.33 bits per heavy atom. The third kappa shape index (κ3) is 3.80. The van der Waals surface area contributed by atoms with Crippen LogP contribution in [0.15, 0.2) is 0 Å². The summed E-state index contributed by atoms with van der Waals surface area (Å²) in [5, 5.41) is 9.61. The summed E-state index contributed by atoms with van der Waals surface area (Å²) in [6.07, 6.45) is 4.22. The van der Waals surface area contributed by atoms with Crippen LogP contribution in [0.3, 0.4) is 0 Å². The number of nitrogens with zero attached hydrogens (tertiary/aromatic N) is 1. The molecule has 0 aromatic rings. The molecular weight excluding hydrogens is 262 g/mol. The van der Waals surface area contributed by atoms with Gasteiger partial charge in [-0.1, -0.05) is 34.6 Å². The van der Waals surface area contributed by atoms with Crippen LogP contribution in [0.4, 0.5) is 0 Å². The molecule has 3 heteroatoms. The maximum absolute atomic E-state index is 11.7. The molecule has 0 aromatic heterocycles. The summed E-state index contributed by atoms with van der Waals surface area (Å²) in [7, 11) is 0. The summed E-state index contributed by atoms with van der Waals surface area (Å²) in [5.74, 6) is 1.36. The van der Waals surface area contributed by atoms with Crippen molar-refractivity contribution in [2.45, 2.75) is 66.3 Å². The molecule has 2 rings (SSSR count). The number of hydrogen-bond donors (Lipinski definition) is 1. The van der Waals surface area contributed by atoms with Crippen LogP contribution in [0.5, 0.6) is 0 Å². The van der Waals surface area contributed by atoms with Crippen molar-refractivity contribution in [2.24, 2.45) is 29.1 Å². The van der Waals surface area contributed by atoms with Gasteiger partial charge in [0, 0.05) is 12.6 Å². The highest BCUT2D eigenvalue weighted by atomic mass is 16.4. The molecule has 1 saturated carbocycles. The van der Waals surface area contributed by atoms with Crippen molar-refractivity contribution in [2.75, 3.05) is 13.1 Å². The fourth-order valence-corrected chi connectivity index (χ4v) is 4.29. The van der Waals surface area contributed by atoms with Crippen LogP contribution in [0.25, 0.3) is 0 Å². The third-order valence-corrected chi connectivity index (χ3v) is 6.03. The summed E-state index contributed by atoms with van der Waals surface area (Å²) in [5.41, 5.74) is 0.291. The van der Waals surface area contributed by atoms with E-state index in [4.69, 9.17) is 0 Å². The number of rotatable bonds is 3. The molecule has 2 aliphatic rings. The van der Waals surface area contributed by atoms with E-state index < -0.39 is 5.97 Å². The minimum atomic E-state index is -0.583. The first-order valence-corrected chi connectivity index (χ1v) is 8.67. The molecule has 0 radical (unpaired) electrons. The Balaban J connectivity index is 2.10. The zero-order valence-corrected chi connectivity index (χ0v) is 14.4. The van der Waals surface area contributed by atoms with Gasteiger partial charge in [-0.25, -0.2) is 0 Å². The third-order valence-electron chi connectivity index (χ3n) is 6.03. The van der Waals surface area contributed by atoms with Crippen molar-refractivity contribution < 1.29 is 9.90 Å². The van der Waals surface area contributed by atoms with E-state index in [2.05, 4.69) is 39.5 Å². The Hall–Kier alpha value is -0.570. The fourth-order valence-electron chi connectivity index (χ4n) is 4.29. The minimum Gasteiger partial charge on any atom is -0.481 e. The van der Waals surface area contributed by atoms with Crippen LogP contribution in [-0.2, 0) is 4.79 Å². The van der Waals surface area contributed by atoms with Crippen molar-refractivity contribution in [3.05, 3.63) is 0 Å². The highest BCUT2D eigenvalue weighted by Crippen LogP contribution is 2.43. The van der Waals surface area contributed by atoms with E-state index in [1.807, 2.05) is 0 Å². The van der Waals surface area contributed by atoms with E-state index in [1.165, 1.54) is 6.42 Å². The van der Waals surface area contributed by atoms with Crippen molar-refractivity contribution >= 4 is 5.97 Å². The van der Waals surface area contributed by atoms with Crippen molar-refractivity contribution in [3.63, 3.8) is 0 Å². The first kappa shape index (κ1) is 16.8. The maximum atomic E-state index is 11.7. The van der Waals surface area contributed by atoms with Gasteiger partial charge in [-0.15, -0.1) is 0 Å². The maximum Gasteiger partial charge on any atom is 0.308 e. The molecule has 21 heavy (non-hydrogen) atoms. The van der Waals surface area contributed by atoms with Crippen LogP contribution in [-0.4, -0.2) is 35.1 Å². The molecule has 2 fully saturated rings. The Bertz CT molecular complexity index is 372. The minimum absolute atomic E-state index is 0.158. The number of likely N-dealkylation sites (tertiary alicyclic amines) is 1. The van der Waals surface area contributed by atoms with Crippen LogP contribution in [0, 0.1) is 29.1 Å². The van der Waals surface area contributed by atoms with E-state index in [9.17, 15) is 9.90 Å². The van der Waals surface area contributed by atoms with E-state index in [0.717, 1.165) is 38.3 Å². The molecule has 4 unspecified atom stereocenters. The molecule has 1 aliphatic heterocycles. The van der Waals surface area contributed by atoms with Gasteiger partial charge in [0.25, 0.3) is 0 Å². The standard InChI is InChI=1S/C18H33NO2/c1-12(2)13-8-9-19(11-13)16-10-14(18(3,4)5)6-7-15(16)17(20)21/h12-16H,6-11H2,1-5H3,(H,20,21). The number of carbonyl (C=O) groups is 1. The lowest BCUT2D eigenvalue weighted by molar-refractivity contribution is -0.146. The quantitative estimate of drug-likeness (QED) is 0.859. The van der Waals surface area contributed by atoms with Gasteiger partial charge in [0.1, 0.15) is 0 Å². The van der Waals surface area contributed by atoms with Gasteiger partial charge in [0.2, 0.25) is 0 Å². The van der Waals surface area contributed by atoms with Gasteiger partial charge >= 0.3 is 5.97 Å². The van der Waals surface area contributed by atoms with Gasteiger partial charge in [-0.05, 0) is 55.4 Å². The van der Waals surface area contributed by atoms with Crippen molar-refractivity contribution in [1.29, 1.82) is 0 Å². The normalized spacial score (nSPS) is 35.3. The summed E-state index contributed by atoms with van der Waals surface area (Å²) in [6.45, 7) is 13.7. The molecule has 0 bridgehead atoms. The number of carboxylic acids is 1. The molecule has 1 N–H and O–H groups in total. The Labute approximate surface area is 130 Å². The first-order chi connectivity index (χ1) is 9.70. The van der Waals surface area contributed by atoms with E-state index >= 15 is 0 Å². The van der Waals surface area contributed by atoms with Crippen molar-refractivity contribution in [3.8, 4) is 0 Å². The van der Waals surface area contributed by atoms with E-state index in [0.29, 0.717) is 17.3 Å². The molecule has 3 nitrogen and oxygen atoms in total. The van der Waals surface area contributed by atoms with Gasteiger partial charge in [0.05, 0.1) is 5.92 Å². The lowest BCUT2D eigenvalue weighted by atomic mass is 9.67. The fraction of sp³-hybridized carbons (Fsp3) is 0.944. The summed E-state index contributed by atoms with van der Waals surface area (Å²) >= 11 is 0. The van der Waals surface area contributed by atoms with Gasteiger partial charge in [-0.3, -0.25) is 9.69 Å². The zero-order chi connectivity index (χ0) is 15.8. The lowest BCUT2D eigenvalue weighted by Gasteiger charge is -2.44. The van der Waals surface area contributed by atoms with Crippen LogP contribution < -0.4 is 0 Å². The monoisotopic (exact) mass is 295 g/mol. The first-order valence-electron chi connectivity index (χ1n) is 8.67. The molecular formula is C18H33NO2. The largest absolute Gasteiger partial charge is 0.481 e. The van der Waals surface area contributed by atoms with Crippen LogP contribution in [0.1, 0.15) is 60.3 Å². The van der Waals surface area contributed by atoms with E-state index in [-0.39, 0.29) is 12.0 Å². The Morgan fingerprint density at radius 1 is 1.19 bits per heavy atom. The topological polar surface area (TPSA) is 40.5 Å². The predicted octanol–water partition coefficient (Wildman–Crippen LogP) is 3.88. The van der Waals surface area contributed by atoms with E-state index in [1.54, 1.807) is 0 Å². The molecule has 1 saturated heterocycles. The second kappa shape index (κ2) is 6.28. The molecule has 1 heterocycles. The van der Waals surface area contributed by atoms with Crippen molar-refractivity contribution in [1.82, 2.24) is 4.90 Å². The molecule has 122 valence electrons. The summed E-state index contributed by atoms with van der Waals surface area (Å²) in [6, 6.07) is 0.254. The predicted molar refractivity (Wildman–Crippen MR) is 86.2 cm³/mol. The highest BCUT2D eigenvalue weighted by Gasteiger charge is 2.43. The second-order valence-corrected chi connectivity index (χ2v) is 8.68. The number of carboxylic acid groups (broad SMARTS) is 1. The second-order valence-electron chi connectivity index (χ2n) is 8.68. The van der Waals surface area contributed by atoms with Gasteiger partial charge in [0.15, 0.2) is 0 Å². The molecule has 0 spiro atoms. The van der Waals surface area contributed by atoms with Crippen LogP contribution in [0.2, 0.25) is 0 Å². The Kier molecular flexibility index (Phi) is 5.02. The molecule has 0 amide bonds. The number of aliphatic carboxylic acids is 1. The average Bonchev–Trinajstić information content (AvgIpc) is 2.86. The van der Waals surface area contributed by atoms with Crippen LogP contribution >= 0.6 is 0 Å². The SMILES string of the molecule is CC(C)C1CCN(C2CC(C(C)(C)C)CCC2C(=O)O)C1. The number of hydrogen-bond acceptors (Lipinski definition) is 2. The smallest absolute Gasteiger partial charge is 0.308 e. The lowest BCUT2D eigenvalue weighted by Crippen LogP contribution is -2.48. The molecule has 0 aromatic carbocycles. The molecule has 4 atom stereocenters. The molecule has 1 aliphatic carbocycles. The Morgan fingerprint density at radius 2 is 1.86 bits per heavy atom. The summed E-state index contributed by atoms with van der Waals surface area (Å²) < 4.78 is 0. The van der Waals surface area contributed by atoms with Gasteiger partial charge in [-0.2, -0.15) is 0 Å². The average molecular weight is 295 g/mol. The zero-order valence-electron chi connectivity index (χ0n) is 14.4. The highest BCUT2D eigenvalue weighted by molar-refractivity contribution is 5.71. The summed E-state index contributed by atoms with van der Waals surface area (Å²) in [4.78, 5) is 14.2. The van der Waals surface area contributed by atoms with Gasteiger partial charge < -0.3 is 5.11 Å².